The molecule has 3 N–H and O–H groups in total. The van der Waals surface area contributed by atoms with Crippen LogP contribution >= 0.6 is 0 Å². The van der Waals surface area contributed by atoms with E-state index in [1.54, 1.807) is 20.2 Å². The fourth-order valence-corrected chi connectivity index (χ4v) is 4.45. The Morgan fingerprint density at radius 1 is 1.00 bits per heavy atom. The summed E-state index contributed by atoms with van der Waals surface area (Å²) in [6, 6.07) is 6.10. The first-order valence-corrected chi connectivity index (χ1v) is 12.1. The second kappa shape index (κ2) is 9.64. The van der Waals surface area contributed by atoms with Crippen LogP contribution in [0.3, 0.4) is 0 Å². The van der Waals surface area contributed by atoms with Crippen LogP contribution in [0.5, 0.6) is 28.7 Å². The number of benzene rings is 2. The van der Waals surface area contributed by atoms with E-state index in [4.69, 9.17) is 28.5 Å². The molecule has 12 heteroatoms. The predicted octanol–water partition coefficient (Wildman–Crippen LogP) is 2.26. The summed E-state index contributed by atoms with van der Waals surface area (Å²) < 4.78 is 50.4. The molecule has 0 saturated carbocycles. The number of carbonyl (C=O) groups is 1. The second-order valence-corrected chi connectivity index (χ2v) is 10.0. The van der Waals surface area contributed by atoms with Gasteiger partial charge >= 0.3 is 5.88 Å². The van der Waals surface area contributed by atoms with Crippen LogP contribution < -0.4 is 28.6 Å². The molecule has 3 aromatic rings. The minimum absolute atomic E-state index is 0.00604. The van der Waals surface area contributed by atoms with Crippen molar-refractivity contribution in [1.82, 2.24) is 4.48 Å². The zero-order valence-corrected chi connectivity index (χ0v) is 21.2. The summed E-state index contributed by atoms with van der Waals surface area (Å²) in [5, 5.41) is 16.2. The number of ketones is 1. The number of ether oxygens (including phenoxy) is 4. The third-order valence-corrected chi connectivity index (χ3v) is 6.39. The monoisotopic (exact) mass is 509 g/mol. The van der Waals surface area contributed by atoms with Gasteiger partial charge < -0.3 is 28.5 Å². The van der Waals surface area contributed by atoms with Gasteiger partial charge in [0.15, 0.2) is 22.8 Å². The van der Waals surface area contributed by atoms with Gasteiger partial charge in [-0.2, -0.15) is 0 Å². The van der Waals surface area contributed by atoms with Gasteiger partial charge in [-0.15, -0.1) is 0 Å². The lowest BCUT2D eigenvalue weighted by molar-refractivity contribution is 0.103. The van der Waals surface area contributed by atoms with E-state index in [0.717, 1.165) is 0 Å². The molecule has 0 spiro atoms. The largest absolute Gasteiger partial charge is 0.502 e. The highest BCUT2D eigenvalue weighted by Crippen LogP contribution is 2.45. The summed E-state index contributed by atoms with van der Waals surface area (Å²) in [5.74, 6) is 0.0328. The van der Waals surface area contributed by atoms with Crippen molar-refractivity contribution in [3.05, 3.63) is 35.4 Å². The zero-order valence-electron chi connectivity index (χ0n) is 20.4. The Morgan fingerprint density at radius 3 is 2.06 bits per heavy atom. The van der Waals surface area contributed by atoms with Crippen molar-refractivity contribution in [3.63, 3.8) is 0 Å². The van der Waals surface area contributed by atoms with Crippen molar-refractivity contribution >= 4 is 32.7 Å². The van der Waals surface area contributed by atoms with Crippen molar-refractivity contribution in [1.29, 1.82) is 0 Å². The Kier molecular flexibility index (Phi) is 7.20. The van der Waals surface area contributed by atoms with Gasteiger partial charge in [0.25, 0.3) is 0 Å². The molecule has 0 aliphatic carbocycles. The molecule has 0 amide bonds. The maximum Gasteiger partial charge on any atom is 0.309 e. The van der Waals surface area contributed by atoms with Crippen molar-refractivity contribution in [2.45, 2.75) is 0 Å². The van der Waals surface area contributed by atoms with Gasteiger partial charge in [-0.1, -0.05) is 0 Å². The molecule has 0 unspecified atom stereocenters. The van der Waals surface area contributed by atoms with E-state index in [2.05, 4.69) is 0 Å². The predicted molar refractivity (Wildman–Crippen MR) is 130 cm³/mol. The van der Waals surface area contributed by atoms with Crippen molar-refractivity contribution in [3.8, 4) is 28.7 Å². The Labute approximate surface area is 203 Å². The van der Waals surface area contributed by atoms with E-state index in [0.29, 0.717) is 11.1 Å². The van der Waals surface area contributed by atoms with Crippen LogP contribution in [0, 0.1) is 0 Å². The molecule has 1 aromatic heterocycles. The van der Waals surface area contributed by atoms with Crippen LogP contribution in [-0.4, -0.2) is 74.1 Å². The number of methoxy groups -OCH3 is 4. The van der Waals surface area contributed by atoms with Crippen LogP contribution in [0.1, 0.15) is 15.9 Å². The van der Waals surface area contributed by atoms with Gasteiger partial charge in [-0.05, 0) is 24.3 Å². The normalized spacial score (nSPS) is 12.0. The smallest absolute Gasteiger partial charge is 0.309 e. The number of primary sulfonamides is 1. The SMILES string of the molecule is COc1cc(C(=O)c2c([N+](C)(C)CCS(N)(=O)=O)oc3c(O)c(OC)ccc23)cc(OC)c1OC. The highest BCUT2D eigenvalue weighted by molar-refractivity contribution is 7.89. The molecule has 1 heterocycles. The number of carbonyl (C=O) groups excluding carboxylic acids is 1. The number of sulfonamides is 1. The van der Waals surface area contributed by atoms with Crippen LogP contribution in [0.4, 0.5) is 5.88 Å². The molecule has 3 rings (SSSR count). The molecule has 0 aliphatic heterocycles. The number of fused-ring (bicyclic) bond motifs is 1. The lowest BCUT2D eigenvalue weighted by Crippen LogP contribution is -2.45. The Morgan fingerprint density at radius 2 is 1.57 bits per heavy atom. The Hall–Kier alpha value is -3.48. The molecule has 190 valence electrons. The highest BCUT2D eigenvalue weighted by atomic mass is 32.2. The van der Waals surface area contributed by atoms with Gasteiger partial charge in [0.1, 0.15) is 17.9 Å². The number of aromatic hydroxyl groups is 1. The van der Waals surface area contributed by atoms with Crippen molar-refractivity contribution in [2.75, 3.05) is 54.8 Å². The van der Waals surface area contributed by atoms with Gasteiger partial charge in [-0.25, -0.2) is 13.6 Å². The maximum atomic E-state index is 13.9. The number of hydrogen-bond donors (Lipinski definition) is 2. The van der Waals surface area contributed by atoms with E-state index in [1.807, 2.05) is 0 Å². The van der Waals surface area contributed by atoms with Gasteiger partial charge in [0, 0.05) is 10.9 Å². The number of quaternary nitrogens is 1. The summed E-state index contributed by atoms with van der Waals surface area (Å²) in [4.78, 5) is 13.9. The molecule has 0 bridgehead atoms. The molecule has 0 fully saturated rings. The topological polar surface area (TPSA) is 148 Å². The van der Waals surface area contributed by atoms with Gasteiger partial charge in [0.2, 0.25) is 27.3 Å². The average molecular weight is 510 g/mol. The van der Waals surface area contributed by atoms with E-state index < -0.39 is 15.8 Å². The molecule has 0 radical (unpaired) electrons. The number of nitrogens with two attached hydrogens (primary N) is 1. The van der Waals surface area contributed by atoms with Gasteiger partial charge in [0.05, 0.1) is 42.5 Å². The van der Waals surface area contributed by atoms with Gasteiger partial charge in [-0.3, -0.25) is 9.28 Å². The molecule has 2 aromatic carbocycles. The maximum absolute atomic E-state index is 13.9. The van der Waals surface area contributed by atoms with Crippen molar-refractivity contribution < 1.29 is 41.7 Å². The average Bonchev–Trinajstić information content (AvgIpc) is 3.22. The van der Waals surface area contributed by atoms with E-state index in [-0.39, 0.29) is 62.4 Å². The third kappa shape index (κ3) is 4.99. The Bertz CT molecular complexity index is 1350. The number of hydrogen-bond acceptors (Lipinski definition) is 9. The third-order valence-electron chi connectivity index (χ3n) is 5.63. The summed E-state index contributed by atoms with van der Waals surface area (Å²) in [5.41, 5.74) is 0.355. The number of nitrogens with zero attached hydrogens (tertiary/aromatic N) is 1. The Balaban J connectivity index is 2.30. The highest BCUT2D eigenvalue weighted by Gasteiger charge is 2.36. The van der Waals surface area contributed by atoms with Crippen molar-refractivity contribution in [2.24, 2.45) is 5.14 Å². The minimum Gasteiger partial charge on any atom is -0.502 e. The van der Waals surface area contributed by atoms with Crippen LogP contribution in [0.2, 0.25) is 0 Å². The fourth-order valence-electron chi connectivity index (χ4n) is 3.74. The summed E-state index contributed by atoms with van der Waals surface area (Å²) in [6.07, 6.45) is 0. The molecular weight excluding hydrogens is 480 g/mol. The first-order valence-electron chi connectivity index (χ1n) is 10.4. The van der Waals surface area contributed by atoms with Crippen LogP contribution in [0.15, 0.2) is 28.7 Å². The molecule has 11 nitrogen and oxygen atoms in total. The number of phenolic OH excluding ortho intramolecular Hbond substituents is 1. The standard InChI is InChI=1S/C23H28N2O9S/c1-25(2,9-10-35(24,28)29)23-18(14-7-8-15(30-3)20(27)21(14)34-23)19(26)13-11-16(31-4)22(33-6)17(12-13)32-5/h7-8,11-12H,9-10H2,1-6H3,(H2-,24,27,28,29)/p+1. The van der Waals surface area contributed by atoms with E-state index in [1.165, 1.54) is 46.6 Å². The zero-order chi connectivity index (χ0) is 26.1. The number of furan rings is 1. The lowest BCUT2D eigenvalue weighted by Gasteiger charge is -2.26. The lowest BCUT2D eigenvalue weighted by atomic mass is 10.00. The first-order chi connectivity index (χ1) is 16.4. The fraction of sp³-hybridized carbons (Fsp3) is 0.348. The summed E-state index contributed by atoms with van der Waals surface area (Å²) in [7, 11) is 5.26. The van der Waals surface area contributed by atoms with E-state index >= 15 is 0 Å². The molecule has 0 saturated heterocycles. The molecular formula is C23H29N2O9S+. The summed E-state index contributed by atoms with van der Waals surface area (Å²) in [6.45, 7) is 0.00604. The molecule has 35 heavy (non-hydrogen) atoms. The number of phenols is 1. The summed E-state index contributed by atoms with van der Waals surface area (Å²) >= 11 is 0. The van der Waals surface area contributed by atoms with Crippen LogP contribution in [0.25, 0.3) is 11.0 Å². The second-order valence-electron chi connectivity index (χ2n) is 8.29. The minimum atomic E-state index is -3.78. The first kappa shape index (κ1) is 26.1. The number of rotatable bonds is 10. The molecule has 0 atom stereocenters. The van der Waals surface area contributed by atoms with E-state index in [9.17, 15) is 18.3 Å². The molecule has 0 aliphatic rings. The van der Waals surface area contributed by atoms with Crippen LogP contribution in [-0.2, 0) is 10.0 Å². The quantitative estimate of drug-likeness (QED) is 0.310.